The summed E-state index contributed by atoms with van der Waals surface area (Å²) in [5.41, 5.74) is 1.99. The van der Waals surface area contributed by atoms with Gasteiger partial charge in [-0.25, -0.2) is 15.8 Å². The molecule has 0 aliphatic carbocycles. The van der Waals surface area contributed by atoms with E-state index in [1.165, 1.54) is 13.8 Å². The lowest BCUT2D eigenvalue weighted by atomic mass is 10.1. The summed E-state index contributed by atoms with van der Waals surface area (Å²) in [5, 5.41) is 0. The van der Waals surface area contributed by atoms with Crippen molar-refractivity contribution in [1.29, 1.82) is 0 Å². The number of anilines is 1. The van der Waals surface area contributed by atoms with Crippen LogP contribution in [0, 0.1) is 0 Å². The van der Waals surface area contributed by atoms with Crippen molar-refractivity contribution in [3.8, 4) is 5.88 Å². The van der Waals surface area contributed by atoms with E-state index in [2.05, 4.69) is 20.1 Å². The molecular weight excluding hydrogens is 306 g/mol. The van der Waals surface area contributed by atoms with Crippen LogP contribution >= 0.6 is 0 Å². The molecule has 21 heavy (non-hydrogen) atoms. The largest absolute Gasteiger partial charge is 0.454 e. The number of hydrazine groups is 1. The Morgan fingerprint density at radius 1 is 1.10 bits per heavy atom. The third-order valence-electron chi connectivity index (χ3n) is 2.39. The third-order valence-corrected chi connectivity index (χ3v) is 2.39. The number of nitrogens with one attached hydrogen (secondary N) is 1. The van der Waals surface area contributed by atoms with E-state index in [0.717, 1.165) is 6.33 Å². The maximum atomic E-state index is 12.5. The molecule has 0 saturated heterocycles. The number of hydrogen-bond acceptors (Lipinski definition) is 5. The van der Waals surface area contributed by atoms with Crippen LogP contribution in [0.1, 0.15) is 25.3 Å². The SMILES string of the molecule is CC(C)c1c(NN)ncnc1OC(C(F)(F)F)C(F)(F)F. The molecule has 0 radical (unpaired) electrons. The van der Waals surface area contributed by atoms with Gasteiger partial charge < -0.3 is 10.2 Å². The smallest absolute Gasteiger partial charge is 0.434 e. The van der Waals surface area contributed by atoms with Crippen LogP contribution in [-0.2, 0) is 0 Å². The van der Waals surface area contributed by atoms with Crippen molar-refractivity contribution in [2.45, 2.75) is 38.2 Å². The average Bonchev–Trinajstić information content (AvgIpc) is 2.32. The van der Waals surface area contributed by atoms with Gasteiger partial charge in [0.25, 0.3) is 6.10 Å². The number of rotatable bonds is 4. The number of ether oxygens (including phenoxy) is 1. The third kappa shape index (κ3) is 4.09. The summed E-state index contributed by atoms with van der Waals surface area (Å²) in [6, 6.07) is 0. The molecule has 0 aromatic carbocycles. The average molecular weight is 318 g/mol. The van der Waals surface area contributed by atoms with E-state index in [1.54, 1.807) is 0 Å². The molecule has 0 spiro atoms. The summed E-state index contributed by atoms with van der Waals surface area (Å²) in [6.45, 7) is 3.03. The first kappa shape index (κ1) is 17.3. The van der Waals surface area contributed by atoms with Crippen LogP contribution in [0.3, 0.4) is 0 Å². The van der Waals surface area contributed by atoms with Crippen LogP contribution in [0.5, 0.6) is 5.88 Å². The van der Waals surface area contributed by atoms with Crippen LogP contribution in [-0.4, -0.2) is 28.4 Å². The lowest BCUT2D eigenvalue weighted by Crippen LogP contribution is -2.47. The summed E-state index contributed by atoms with van der Waals surface area (Å²) in [6.07, 6.45) is -14.5. The first-order valence-corrected chi connectivity index (χ1v) is 5.60. The van der Waals surface area contributed by atoms with Gasteiger partial charge >= 0.3 is 12.4 Å². The van der Waals surface area contributed by atoms with Gasteiger partial charge in [0.15, 0.2) is 5.82 Å². The summed E-state index contributed by atoms with van der Waals surface area (Å²) < 4.78 is 79.0. The van der Waals surface area contributed by atoms with Crippen molar-refractivity contribution in [2.24, 2.45) is 5.84 Å². The Labute approximate surface area is 115 Å². The standard InChI is InChI=1S/C10H12F6N4O/c1-4(2)5-6(20-17)18-3-19-7(5)21-8(9(11,12)13)10(14,15)16/h3-4,8H,17H2,1-2H3,(H,18,19,20). The second-order valence-electron chi connectivity index (χ2n) is 4.32. The van der Waals surface area contributed by atoms with Gasteiger partial charge in [-0.05, 0) is 5.92 Å². The maximum Gasteiger partial charge on any atom is 0.434 e. The topological polar surface area (TPSA) is 73.1 Å². The highest BCUT2D eigenvalue weighted by Crippen LogP contribution is 2.38. The second kappa shape index (κ2) is 5.92. The molecule has 3 N–H and O–H groups in total. The highest BCUT2D eigenvalue weighted by molar-refractivity contribution is 5.49. The van der Waals surface area contributed by atoms with E-state index in [1.807, 2.05) is 0 Å². The van der Waals surface area contributed by atoms with E-state index in [4.69, 9.17) is 5.84 Å². The molecule has 5 nitrogen and oxygen atoms in total. The molecule has 0 aliphatic rings. The number of hydrogen-bond donors (Lipinski definition) is 2. The van der Waals surface area contributed by atoms with E-state index >= 15 is 0 Å². The number of nitrogen functional groups attached to an aromatic ring is 1. The molecule has 0 unspecified atom stereocenters. The van der Waals surface area contributed by atoms with Crippen molar-refractivity contribution in [1.82, 2.24) is 9.97 Å². The normalized spacial score (nSPS) is 12.9. The van der Waals surface area contributed by atoms with Crippen LogP contribution in [0.25, 0.3) is 0 Å². The second-order valence-corrected chi connectivity index (χ2v) is 4.32. The first-order valence-electron chi connectivity index (χ1n) is 5.60. The molecule has 120 valence electrons. The van der Waals surface area contributed by atoms with E-state index < -0.39 is 30.3 Å². The minimum Gasteiger partial charge on any atom is -0.454 e. The van der Waals surface area contributed by atoms with Crippen LogP contribution in [0.4, 0.5) is 32.2 Å². The summed E-state index contributed by atoms with van der Waals surface area (Å²) >= 11 is 0. The van der Waals surface area contributed by atoms with Gasteiger partial charge in [0, 0.05) is 0 Å². The zero-order valence-corrected chi connectivity index (χ0v) is 10.9. The first-order chi connectivity index (χ1) is 9.48. The van der Waals surface area contributed by atoms with Crippen molar-refractivity contribution in [3.05, 3.63) is 11.9 Å². The number of halogens is 6. The number of nitrogens with two attached hydrogens (primary N) is 1. The highest BCUT2D eigenvalue weighted by Gasteiger charge is 2.59. The van der Waals surface area contributed by atoms with Crippen LogP contribution < -0.4 is 16.0 Å². The lowest BCUT2D eigenvalue weighted by molar-refractivity contribution is -0.300. The minimum atomic E-state index is -5.63. The molecule has 1 aromatic rings. The van der Waals surface area contributed by atoms with Gasteiger partial charge in [-0.1, -0.05) is 13.8 Å². The quantitative estimate of drug-likeness (QED) is 0.507. The zero-order chi connectivity index (χ0) is 16.4. The molecule has 0 saturated carbocycles. The molecule has 0 fully saturated rings. The van der Waals surface area contributed by atoms with Gasteiger partial charge in [-0.2, -0.15) is 26.3 Å². The fourth-order valence-corrected chi connectivity index (χ4v) is 1.54. The molecule has 0 atom stereocenters. The molecule has 1 aromatic heterocycles. The molecule has 11 heteroatoms. The van der Waals surface area contributed by atoms with E-state index in [-0.39, 0.29) is 11.4 Å². The fraction of sp³-hybridized carbons (Fsp3) is 0.600. The van der Waals surface area contributed by atoms with Gasteiger partial charge in [0.1, 0.15) is 6.33 Å². The predicted molar refractivity (Wildman–Crippen MR) is 60.5 cm³/mol. The predicted octanol–water partition coefficient (Wildman–Crippen LogP) is 2.76. The van der Waals surface area contributed by atoms with E-state index in [9.17, 15) is 26.3 Å². The van der Waals surface area contributed by atoms with Gasteiger partial charge in [0.2, 0.25) is 5.88 Å². The maximum absolute atomic E-state index is 12.5. The Morgan fingerprint density at radius 2 is 1.62 bits per heavy atom. The Balaban J connectivity index is 3.28. The zero-order valence-electron chi connectivity index (χ0n) is 10.9. The van der Waals surface area contributed by atoms with Crippen molar-refractivity contribution in [2.75, 3.05) is 5.43 Å². The van der Waals surface area contributed by atoms with Gasteiger partial charge in [0.05, 0.1) is 5.56 Å². The van der Waals surface area contributed by atoms with Crippen LogP contribution in [0.15, 0.2) is 6.33 Å². The van der Waals surface area contributed by atoms with E-state index in [0.29, 0.717) is 0 Å². The monoisotopic (exact) mass is 318 g/mol. The fourth-order valence-electron chi connectivity index (χ4n) is 1.54. The Morgan fingerprint density at radius 3 is 2.00 bits per heavy atom. The van der Waals surface area contributed by atoms with Gasteiger partial charge in [-0.15, -0.1) is 0 Å². The highest BCUT2D eigenvalue weighted by atomic mass is 19.4. The van der Waals surface area contributed by atoms with Crippen molar-refractivity contribution in [3.63, 3.8) is 0 Å². The van der Waals surface area contributed by atoms with Crippen molar-refractivity contribution >= 4 is 5.82 Å². The summed E-state index contributed by atoms with van der Waals surface area (Å²) in [5.74, 6) is 3.66. The molecule has 1 rings (SSSR count). The number of alkyl halides is 6. The van der Waals surface area contributed by atoms with Gasteiger partial charge in [-0.3, -0.25) is 0 Å². The number of nitrogens with zero attached hydrogens (tertiary/aromatic N) is 2. The summed E-state index contributed by atoms with van der Waals surface area (Å²) in [7, 11) is 0. The summed E-state index contributed by atoms with van der Waals surface area (Å²) in [4.78, 5) is 6.97. The molecule has 0 aliphatic heterocycles. The van der Waals surface area contributed by atoms with Crippen LogP contribution in [0.2, 0.25) is 0 Å². The Kier molecular flexibility index (Phi) is 4.87. The Bertz CT molecular complexity index is 473. The molecule has 1 heterocycles. The number of aromatic nitrogens is 2. The minimum absolute atomic E-state index is 0.0847. The Hall–Kier alpha value is -1.78. The molecular formula is C10H12F6N4O. The van der Waals surface area contributed by atoms with Crippen molar-refractivity contribution < 1.29 is 31.1 Å². The lowest BCUT2D eigenvalue weighted by Gasteiger charge is -2.25. The molecule has 0 bridgehead atoms. The molecule has 0 amide bonds.